The van der Waals surface area contributed by atoms with E-state index in [9.17, 15) is 4.79 Å². The second kappa shape index (κ2) is 6.96. The summed E-state index contributed by atoms with van der Waals surface area (Å²) in [6, 6.07) is 9.81. The number of benzene rings is 1. The molecule has 1 saturated carbocycles. The lowest BCUT2D eigenvalue weighted by Gasteiger charge is -2.22. The zero-order valence-corrected chi connectivity index (χ0v) is 13.3. The van der Waals surface area contributed by atoms with E-state index in [1.165, 1.54) is 0 Å². The van der Waals surface area contributed by atoms with Gasteiger partial charge in [0.05, 0.1) is 12.1 Å². The van der Waals surface area contributed by atoms with E-state index in [-0.39, 0.29) is 5.91 Å². The third-order valence-corrected chi connectivity index (χ3v) is 4.41. The van der Waals surface area contributed by atoms with Gasteiger partial charge >= 0.3 is 0 Å². The molecule has 3 rings (SSSR count). The molecule has 1 heterocycles. The van der Waals surface area contributed by atoms with E-state index in [1.54, 1.807) is 6.20 Å². The monoisotopic (exact) mass is 313 g/mol. The SMILES string of the molecule is NC1(C(=O)NCCCOc2cccc3cccnc23)CCCC1. The van der Waals surface area contributed by atoms with Crippen molar-refractivity contribution in [3.05, 3.63) is 36.5 Å². The van der Waals surface area contributed by atoms with Crippen LogP contribution in [0.5, 0.6) is 5.75 Å². The van der Waals surface area contributed by atoms with Crippen molar-refractivity contribution in [2.45, 2.75) is 37.6 Å². The van der Waals surface area contributed by atoms with Gasteiger partial charge in [-0.05, 0) is 31.4 Å². The first kappa shape index (κ1) is 15.7. The van der Waals surface area contributed by atoms with Gasteiger partial charge in [0.25, 0.3) is 0 Å². The Morgan fingerprint density at radius 3 is 2.87 bits per heavy atom. The molecule has 1 aliphatic rings. The van der Waals surface area contributed by atoms with Gasteiger partial charge in [-0.15, -0.1) is 0 Å². The summed E-state index contributed by atoms with van der Waals surface area (Å²) in [7, 11) is 0. The number of fused-ring (bicyclic) bond motifs is 1. The minimum atomic E-state index is -0.652. The molecule has 0 spiro atoms. The molecule has 23 heavy (non-hydrogen) atoms. The Morgan fingerprint density at radius 2 is 2.04 bits per heavy atom. The molecule has 1 aliphatic carbocycles. The van der Waals surface area contributed by atoms with Gasteiger partial charge in [-0.1, -0.05) is 31.0 Å². The molecule has 2 aromatic rings. The molecule has 1 amide bonds. The minimum Gasteiger partial charge on any atom is -0.491 e. The third kappa shape index (κ3) is 3.62. The van der Waals surface area contributed by atoms with Crippen molar-refractivity contribution in [2.24, 2.45) is 5.73 Å². The topological polar surface area (TPSA) is 77.2 Å². The number of nitrogens with zero attached hydrogens (tertiary/aromatic N) is 1. The van der Waals surface area contributed by atoms with Gasteiger partial charge in [-0.25, -0.2) is 0 Å². The number of amides is 1. The van der Waals surface area contributed by atoms with Crippen LogP contribution in [0.25, 0.3) is 10.9 Å². The lowest BCUT2D eigenvalue weighted by Crippen LogP contribution is -2.52. The number of ether oxygens (including phenoxy) is 1. The fourth-order valence-electron chi connectivity index (χ4n) is 3.06. The third-order valence-electron chi connectivity index (χ3n) is 4.41. The first-order chi connectivity index (χ1) is 11.2. The molecule has 0 unspecified atom stereocenters. The van der Waals surface area contributed by atoms with Gasteiger partial charge in [0, 0.05) is 18.1 Å². The average Bonchev–Trinajstić information content (AvgIpc) is 3.02. The van der Waals surface area contributed by atoms with E-state index in [0.717, 1.165) is 48.8 Å². The number of nitrogens with one attached hydrogen (secondary N) is 1. The zero-order valence-electron chi connectivity index (χ0n) is 13.3. The molecule has 0 atom stereocenters. The highest BCUT2D eigenvalue weighted by Crippen LogP contribution is 2.27. The Hall–Kier alpha value is -2.14. The summed E-state index contributed by atoms with van der Waals surface area (Å²) in [5.41, 5.74) is 6.33. The van der Waals surface area contributed by atoms with Crippen LogP contribution in [0.2, 0.25) is 0 Å². The number of aromatic nitrogens is 1. The quantitative estimate of drug-likeness (QED) is 0.803. The summed E-state index contributed by atoms with van der Waals surface area (Å²) in [5, 5.41) is 3.99. The summed E-state index contributed by atoms with van der Waals surface area (Å²) >= 11 is 0. The molecule has 5 heteroatoms. The van der Waals surface area contributed by atoms with Crippen LogP contribution in [0.1, 0.15) is 32.1 Å². The number of carbonyl (C=O) groups excluding carboxylic acids is 1. The van der Waals surface area contributed by atoms with Gasteiger partial charge < -0.3 is 15.8 Å². The van der Waals surface area contributed by atoms with Gasteiger partial charge in [0.15, 0.2) is 0 Å². The van der Waals surface area contributed by atoms with Crippen molar-refractivity contribution in [3.8, 4) is 5.75 Å². The largest absolute Gasteiger partial charge is 0.491 e. The average molecular weight is 313 g/mol. The van der Waals surface area contributed by atoms with Crippen molar-refractivity contribution in [2.75, 3.05) is 13.2 Å². The Kier molecular flexibility index (Phi) is 4.76. The van der Waals surface area contributed by atoms with E-state index in [0.29, 0.717) is 13.2 Å². The predicted molar refractivity (Wildman–Crippen MR) is 90.3 cm³/mol. The Bertz CT molecular complexity index is 676. The van der Waals surface area contributed by atoms with E-state index in [4.69, 9.17) is 10.5 Å². The first-order valence-corrected chi connectivity index (χ1v) is 8.23. The summed E-state index contributed by atoms with van der Waals surface area (Å²) in [4.78, 5) is 16.4. The molecule has 3 N–H and O–H groups in total. The fraction of sp³-hybridized carbons (Fsp3) is 0.444. The van der Waals surface area contributed by atoms with Crippen LogP contribution in [0.3, 0.4) is 0 Å². The Labute approximate surface area is 136 Å². The van der Waals surface area contributed by atoms with Crippen molar-refractivity contribution in [3.63, 3.8) is 0 Å². The van der Waals surface area contributed by atoms with Gasteiger partial charge in [-0.3, -0.25) is 9.78 Å². The predicted octanol–water partition coefficient (Wildman–Crippen LogP) is 2.39. The van der Waals surface area contributed by atoms with E-state index < -0.39 is 5.54 Å². The second-order valence-electron chi connectivity index (χ2n) is 6.15. The van der Waals surface area contributed by atoms with Crippen LogP contribution in [0.4, 0.5) is 0 Å². The van der Waals surface area contributed by atoms with Gasteiger partial charge in [-0.2, -0.15) is 0 Å². The number of hydrogen-bond donors (Lipinski definition) is 2. The van der Waals surface area contributed by atoms with Crippen LogP contribution in [0.15, 0.2) is 36.5 Å². The minimum absolute atomic E-state index is 0.0261. The number of hydrogen-bond acceptors (Lipinski definition) is 4. The summed E-state index contributed by atoms with van der Waals surface area (Å²) in [6.07, 6.45) is 6.17. The van der Waals surface area contributed by atoms with Crippen LogP contribution in [-0.4, -0.2) is 29.6 Å². The maximum absolute atomic E-state index is 12.1. The van der Waals surface area contributed by atoms with E-state index in [2.05, 4.69) is 10.3 Å². The van der Waals surface area contributed by atoms with Crippen LogP contribution in [0, 0.1) is 0 Å². The summed E-state index contributed by atoms with van der Waals surface area (Å²) < 4.78 is 5.81. The van der Waals surface area contributed by atoms with Crippen molar-refractivity contribution in [1.29, 1.82) is 0 Å². The highest BCUT2D eigenvalue weighted by molar-refractivity contribution is 5.86. The fourth-order valence-corrected chi connectivity index (χ4v) is 3.06. The molecule has 1 fully saturated rings. The summed E-state index contributed by atoms with van der Waals surface area (Å²) in [6.45, 7) is 1.11. The molecule has 1 aromatic heterocycles. The lowest BCUT2D eigenvalue weighted by molar-refractivity contribution is -0.126. The highest BCUT2D eigenvalue weighted by Gasteiger charge is 2.36. The summed E-state index contributed by atoms with van der Waals surface area (Å²) in [5.74, 6) is 0.752. The highest BCUT2D eigenvalue weighted by atomic mass is 16.5. The second-order valence-corrected chi connectivity index (χ2v) is 6.15. The number of rotatable bonds is 6. The smallest absolute Gasteiger partial charge is 0.240 e. The lowest BCUT2D eigenvalue weighted by atomic mass is 9.98. The molecule has 5 nitrogen and oxygen atoms in total. The van der Waals surface area contributed by atoms with Gasteiger partial charge in [0.1, 0.15) is 11.3 Å². The Morgan fingerprint density at radius 1 is 1.26 bits per heavy atom. The normalized spacial score (nSPS) is 16.4. The van der Waals surface area contributed by atoms with Crippen LogP contribution >= 0.6 is 0 Å². The molecule has 0 saturated heterocycles. The molecule has 122 valence electrons. The standard InChI is InChI=1S/C18H23N3O2/c19-18(9-1-2-10-18)17(22)21-12-5-13-23-15-8-3-6-14-7-4-11-20-16(14)15/h3-4,6-8,11H,1-2,5,9-10,12-13,19H2,(H,21,22). The van der Waals surface area contributed by atoms with Crippen molar-refractivity contribution in [1.82, 2.24) is 10.3 Å². The van der Waals surface area contributed by atoms with Crippen LogP contribution < -0.4 is 15.8 Å². The van der Waals surface area contributed by atoms with Crippen molar-refractivity contribution >= 4 is 16.8 Å². The Balaban J connectivity index is 1.45. The maximum atomic E-state index is 12.1. The molecule has 0 radical (unpaired) electrons. The number of pyridine rings is 1. The van der Waals surface area contributed by atoms with Crippen molar-refractivity contribution < 1.29 is 9.53 Å². The van der Waals surface area contributed by atoms with Gasteiger partial charge in [0.2, 0.25) is 5.91 Å². The molecular formula is C18H23N3O2. The van der Waals surface area contributed by atoms with Crippen LogP contribution in [-0.2, 0) is 4.79 Å². The van der Waals surface area contributed by atoms with E-state index in [1.807, 2.05) is 30.3 Å². The molecule has 1 aromatic carbocycles. The molecular weight excluding hydrogens is 290 g/mol. The number of nitrogens with two attached hydrogens (primary N) is 1. The maximum Gasteiger partial charge on any atom is 0.240 e. The first-order valence-electron chi connectivity index (χ1n) is 8.23. The number of carbonyl (C=O) groups is 1. The van der Waals surface area contributed by atoms with E-state index >= 15 is 0 Å². The zero-order chi connectivity index (χ0) is 16.1. The molecule has 0 bridgehead atoms. The number of para-hydroxylation sites is 1. The molecule has 0 aliphatic heterocycles.